The van der Waals surface area contributed by atoms with E-state index in [4.69, 9.17) is 5.73 Å². The van der Waals surface area contributed by atoms with Gasteiger partial charge in [-0.05, 0) is 48.1 Å². The number of nitrogens with two attached hydrogens (primary N) is 1. The minimum atomic E-state index is -0.0402. The third kappa shape index (κ3) is 3.56. The van der Waals surface area contributed by atoms with Crippen LogP contribution in [0.25, 0.3) is 11.8 Å². The van der Waals surface area contributed by atoms with Crippen LogP contribution in [0, 0.1) is 0 Å². The topological polar surface area (TPSA) is 54.2 Å². The second-order valence-corrected chi connectivity index (χ2v) is 8.59. The van der Waals surface area contributed by atoms with Crippen molar-refractivity contribution in [2.45, 2.75) is 38.5 Å². The lowest BCUT2D eigenvalue weighted by atomic mass is 9.76. The van der Waals surface area contributed by atoms with Gasteiger partial charge in [-0.2, -0.15) is 0 Å². The number of allylic oxidation sites excluding steroid dienone is 2. The van der Waals surface area contributed by atoms with Crippen molar-refractivity contribution >= 4 is 17.6 Å². The standard InChI is InChI=1S/C27H32N4/c1-6-27(7-2)19(4)30-26-24(27)14-20(16-29-26)13-12-18(3)31(5)17-22-15-21-10-8-9-11-23(21)25(22)28/h8-14,16H,3-4,6-7,15,17,28H2,1-2,5H3,(H,29,30)/b13-12+. The summed E-state index contributed by atoms with van der Waals surface area (Å²) in [6, 6.07) is 10.6. The number of fused-ring (bicyclic) bond motifs is 2. The Labute approximate surface area is 185 Å². The van der Waals surface area contributed by atoms with E-state index in [0.717, 1.165) is 54.3 Å². The van der Waals surface area contributed by atoms with Gasteiger partial charge in [0, 0.05) is 53.4 Å². The van der Waals surface area contributed by atoms with Crippen LogP contribution in [0.15, 0.2) is 72.7 Å². The SMILES string of the molecule is C=C(/C=C/c1cnc2c(c1)C(CC)(CC)C(=C)N2)N(C)CC1=C(N)c2ccccc2C1. The van der Waals surface area contributed by atoms with Crippen molar-refractivity contribution in [1.29, 1.82) is 0 Å². The van der Waals surface area contributed by atoms with Crippen LogP contribution in [0.4, 0.5) is 5.82 Å². The highest BCUT2D eigenvalue weighted by atomic mass is 15.1. The first-order chi connectivity index (χ1) is 14.9. The summed E-state index contributed by atoms with van der Waals surface area (Å²) in [5, 5.41) is 3.38. The van der Waals surface area contributed by atoms with Crippen molar-refractivity contribution in [2.24, 2.45) is 5.73 Å². The molecule has 0 spiro atoms. The highest BCUT2D eigenvalue weighted by Crippen LogP contribution is 2.46. The average molecular weight is 413 g/mol. The minimum absolute atomic E-state index is 0.0402. The monoisotopic (exact) mass is 412 g/mol. The van der Waals surface area contributed by atoms with E-state index in [0.29, 0.717) is 0 Å². The molecular formula is C27H32N4. The van der Waals surface area contributed by atoms with Gasteiger partial charge in [-0.25, -0.2) is 4.98 Å². The number of benzene rings is 1. The van der Waals surface area contributed by atoms with E-state index in [1.165, 1.54) is 22.3 Å². The molecular weight excluding hydrogens is 380 g/mol. The van der Waals surface area contributed by atoms with Crippen molar-refractivity contribution in [3.05, 3.63) is 95.0 Å². The number of aromatic nitrogens is 1. The van der Waals surface area contributed by atoms with Crippen LogP contribution in [0.2, 0.25) is 0 Å². The Morgan fingerprint density at radius 2 is 2.03 bits per heavy atom. The zero-order valence-electron chi connectivity index (χ0n) is 18.8. The van der Waals surface area contributed by atoms with Gasteiger partial charge in [0.05, 0.1) is 0 Å². The molecule has 1 aliphatic heterocycles. The van der Waals surface area contributed by atoms with Crippen molar-refractivity contribution in [1.82, 2.24) is 9.88 Å². The van der Waals surface area contributed by atoms with E-state index >= 15 is 0 Å². The Kier molecular flexibility index (Phi) is 5.48. The molecule has 1 aliphatic carbocycles. The molecule has 160 valence electrons. The Morgan fingerprint density at radius 1 is 1.29 bits per heavy atom. The molecule has 3 N–H and O–H groups in total. The van der Waals surface area contributed by atoms with Crippen LogP contribution in [0.5, 0.6) is 0 Å². The summed E-state index contributed by atoms with van der Waals surface area (Å²) < 4.78 is 0. The predicted octanol–water partition coefficient (Wildman–Crippen LogP) is 5.46. The lowest BCUT2D eigenvalue weighted by Crippen LogP contribution is -2.24. The molecule has 2 aromatic rings. The number of nitrogens with zero attached hydrogens (tertiary/aromatic N) is 2. The van der Waals surface area contributed by atoms with E-state index in [2.05, 4.69) is 85.7 Å². The van der Waals surface area contributed by atoms with Crippen LogP contribution in [-0.2, 0) is 11.8 Å². The number of nitrogens with one attached hydrogen (secondary N) is 1. The van der Waals surface area contributed by atoms with Crippen molar-refractivity contribution < 1.29 is 0 Å². The molecule has 0 saturated carbocycles. The zero-order chi connectivity index (χ0) is 22.2. The van der Waals surface area contributed by atoms with Gasteiger partial charge < -0.3 is 16.0 Å². The molecule has 4 nitrogen and oxygen atoms in total. The minimum Gasteiger partial charge on any atom is -0.398 e. The summed E-state index contributed by atoms with van der Waals surface area (Å²) in [5.41, 5.74) is 15.3. The maximum Gasteiger partial charge on any atom is 0.134 e. The van der Waals surface area contributed by atoms with Gasteiger partial charge >= 0.3 is 0 Å². The number of hydrogen-bond donors (Lipinski definition) is 2. The van der Waals surface area contributed by atoms with E-state index in [-0.39, 0.29) is 5.41 Å². The highest BCUT2D eigenvalue weighted by molar-refractivity contribution is 5.74. The summed E-state index contributed by atoms with van der Waals surface area (Å²) in [6.07, 6.45) is 8.96. The number of pyridine rings is 1. The second-order valence-electron chi connectivity index (χ2n) is 8.59. The summed E-state index contributed by atoms with van der Waals surface area (Å²) in [4.78, 5) is 6.80. The number of hydrogen-bond acceptors (Lipinski definition) is 4. The molecule has 0 saturated heterocycles. The first-order valence-corrected chi connectivity index (χ1v) is 11.0. The molecule has 31 heavy (non-hydrogen) atoms. The summed E-state index contributed by atoms with van der Waals surface area (Å²) >= 11 is 0. The average Bonchev–Trinajstić information content (AvgIpc) is 3.25. The Morgan fingerprint density at radius 3 is 2.74 bits per heavy atom. The molecule has 0 unspecified atom stereocenters. The van der Waals surface area contributed by atoms with Crippen molar-refractivity contribution in [2.75, 3.05) is 18.9 Å². The first kappa shape index (κ1) is 21.0. The summed E-state index contributed by atoms with van der Waals surface area (Å²) in [5.74, 6) is 0.935. The van der Waals surface area contributed by atoms with E-state index in [1.807, 2.05) is 12.3 Å². The fourth-order valence-electron chi connectivity index (χ4n) is 4.82. The van der Waals surface area contributed by atoms with Gasteiger partial charge in [-0.3, -0.25) is 0 Å². The lowest BCUT2D eigenvalue weighted by molar-refractivity contribution is 0.468. The molecule has 0 fully saturated rings. The molecule has 1 aromatic heterocycles. The smallest absolute Gasteiger partial charge is 0.134 e. The molecule has 2 aliphatic rings. The fourth-order valence-corrected chi connectivity index (χ4v) is 4.82. The molecule has 2 heterocycles. The van der Waals surface area contributed by atoms with Gasteiger partial charge in [0.15, 0.2) is 0 Å². The van der Waals surface area contributed by atoms with E-state index in [1.54, 1.807) is 0 Å². The number of rotatable bonds is 7. The maximum absolute atomic E-state index is 6.40. The van der Waals surface area contributed by atoms with Crippen LogP contribution in [0.1, 0.15) is 48.9 Å². The quantitative estimate of drug-likeness (QED) is 0.593. The summed E-state index contributed by atoms with van der Waals surface area (Å²) in [7, 11) is 2.06. The molecule has 4 rings (SSSR count). The van der Waals surface area contributed by atoms with Crippen LogP contribution in [0.3, 0.4) is 0 Å². The van der Waals surface area contributed by atoms with E-state index in [9.17, 15) is 0 Å². The van der Waals surface area contributed by atoms with Gasteiger partial charge in [0.25, 0.3) is 0 Å². The van der Waals surface area contributed by atoms with Crippen LogP contribution in [-0.4, -0.2) is 23.5 Å². The molecule has 0 bridgehead atoms. The fraction of sp³-hybridized carbons (Fsp3) is 0.296. The third-order valence-electron chi connectivity index (χ3n) is 6.96. The highest BCUT2D eigenvalue weighted by Gasteiger charge is 2.40. The zero-order valence-corrected chi connectivity index (χ0v) is 18.8. The molecule has 0 atom stereocenters. The maximum atomic E-state index is 6.40. The van der Waals surface area contributed by atoms with Gasteiger partial charge in [0.1, 0.15) is 5.82 Å². The molecule has 0 radical (unpaired) electrons. The largest absolute Gasteiger partial charge is 0.398 e. The molecule has 1 aromatic carbocycles. The third-order valence-corrected chi connectivity index (χ3v) is 6.96. The Hall–Kier alpha value is -3.27. The normalized spacial score (nSPS) is 16.4. The van der Waals surface area contributed by atoms with Crippen LogP contribution < -0.4 is 11.1 Å². The first-order valence-electron chi connectivity index (χ1n) is 11.0. The Balaban J connectivity index is 1.48. The molecule has 0 amide bonds. The van der Waals surface area contributed by atoms with Crippen LogP contribution >= 0.6 is 0 Å². The lowest BCUT2D eigenvalue weighted by Gasteiger charge is -2.27. The van der Waals surface area contributed by atoms with Gasteiger partial charge in [-0.15, -0.1) is 0 Å². The van der Waals surface area contributed by atoms with E-state index < -0.39 is 0 Å². The van der Waals surface area contributed by atoms with Crippen molar-refractivity contribution in [3.63, 3.8) is 0 Å². The van der Waals surface area contributed by atoms with Gasteiger partial charge in [0.2, 0.25) is 0 Å². The molecule has 4 heteroatoms. The number of likely N-dealkylation sites (N-methyl/N-ethyl adjacent to an activating group) is 1. The Bertz CT molecular complexity index is 1100. The number of anilines is 1. The van der Waals surface area contributed by atoms with Crippen molar-refractivity contribution in [3.8, 4) is 0 Å². The second kappa shape index (κ2) is 8.10. The summed E-state index contributed by atoms with van der Waals surface area (Å²) in [6.45, 7) is 13.7. The predicted molar refractivity (Wildman–Crippen MR) is 131 cm³/mol. The van der Waals surface area contributed by atoms with Gasteiger partial charge in [-0.1, -0.05) is 57.3 Å².